The fourth-order valence-corrected chi connectivity index (χ4v) is 3.54. The molecule has 1 aromatic heterocycles. The molecule has 0 bridgehead atoms. The monoisotopic (exact) mass is 318 g/mol. The Labute approximate surface area is 135 Å². The van der Waals surface area contributed by atoms with E-state index >= 15 is 0 Å². The van der Waals surface area contributed by atoms with Gasteiger partial charge in [0, 0.05) is 32.0 Å². The fraction of sp³-hybridized carbons (Fsp3) is 0.529. The lowest BCUT2D eigenvalue weighted by Crippen LogP contribution is -2.36. The quantitative estimate of drug-likeness (QED) is 0.882. The molecule has 1 aliphatic carbocycles. The van der Waals surface area contributed by atoms with Gasteiger partial charge in [-0.15, -0.1) is 0 Å². The molecule has 1 aliphatic rings. The molecule has 0 aliphatic heterocycles. The van der Waals surface area contributed by atoms with E-state index in [9.17, 15) is 9.18 Å². The number of hydrogen-bond donors (Lipinski definition) is 2. The van der Waals surface area contributed by atoms with E-state index in [1.165, 1.54) is 12.1 Å². The number of aryl methyl sites for hydroxylation is 1. The molecule has 3 N–H and O–H groups in total. The lowest BCUT2D eigenvalue weighted by Gasteiger charge is -2.17. The molecule has 5 nitrogen and oxygen atoms in total. The number of nitrogens with zero attached hydrogens (tertiary/aromatic N) is 2. The first kappa shape index (κ1) is 15.9. The predicted octanol–water partition coefficient (Wildman–Crippen LogP) is 1.75. The Kier molecular flexibility index (Phi) is 4.61. The van der Waals surface area contributed by atoms with Crippen molar-refractivity contribution in [3.8, 4) is 0 Å². The maximum atomic E-state index is 13.3. The van der Waals surface area contributed by atoms with Gasteiger partial charge in [-0.2, -0.15) is 0 Å². The number of carbonyl (C=O) groups excluding carboxylic acids is 1. The number of fused-ring (bicyclic) bond motifs is 1. The Balaban J connectivity index is 1.60. The van der Waals surface area contributed by atoms with Crippen LogP contribution in [0.2, 0.25) is 0 Å². The number of amides is 1. The minimum atomic E-state index is -0.287. The smallest absolute Gasteiger partial charge is 0.223 e. The van der Waals surface area contributed by atoms with E-state index in [1.54, 1.807) is 6.07 Å². The van der Waals surface area contributed by atoms with Crippen molar-refractivity contribution in [2.45, 2.75) is 25.7 Å². The number of nitrogens with one attached hydrogen (secondary N) is 1. The second-order valence-electron chi connectivity index (χ2n) is 6.29. The summed E-state index contributed by atoms with van der Waals surface area (Å²) in [6, 6.07) is 4.59. The standard InChI is InChI=1S/C17H23FN4O/c1-22-15-6-5-12(18)9-14(15)21-16(22)7-8-20-17(23)13-4-2-3-11(13)10-19/h5-6,9,11,13H,2-4,7-8,10,19H2,1H3,(H,20,23)/t11-,13-/m1/s1. The predicted molar refractivity (Wildman–Crippen MR) is 87.3 cm³/mol. The molecule has 0 radical (unpaired) electrons. The molecular weight excluding hydrogens is 295 g/mol. The minimum Gasteiger partial charge on any atom is -0.355 e. The first-order chi connectivity index (χ1) is 11.1. The van der Waals surface area contributed by atoms with Crippen LogP contribution in [-0.4, -0.2) is 28.5 Å². The Morgan fingerprint density at radius 2 is 2.30 bits per heavy atom. The Bertz CT molecular complexity index is 712. The number of benzene rings is 1. The minimum absolute atomic E-state index is 0.0505. The van der Waals surface area contributed by atoms with Gasteiger partial charge in [0.1, 0.15) is 11.6 Å². The number of hydrogen-bond acceptors (Lipinski definition) is 3. The van der Waals surface area contributed by atoms with Gasteiger partial charge in [0.15, 0.2) is 0 Å². The molecule has 0 saturated heterocycles. The zero-order valence-corrected chi connectivity index (χ0v) is 13.4. The topological polar surface area (TPSA) is 72.9 Å². The molecule has 2 atom stereocenters. The fourth-order valence-electron chi connectivity index (χ4n) is 3.54. The lowest BCUT2D eigenvalue weighted by atomic mass is 9.95. The van der Waals surface area contributed by atoms with Crippen LogP contribution in [0.4, 0.5) is 4.39 Å². The lowest BCUT2D eigenvalue weighted by molar-refractivity contribution is -0.125. The van der Waals surface area contributed by atoms with E-state index in [1.807, 2.05) is 11.6 Å². The average molecular weight is 318 g/mol. The average Bonchev–Trinajstić information content (AvgIpc) is 3.12. The maximum absolute atomic E-state index is 13.3. The highest BCUT2D eigenvalue weighted by Crippen LogP contribution is 2.30. The highest BCUT2D eigenvalue weighted by Gasteiger charge is 2.31. The second kappa shape index (κ2) is 6.66. The molecule has 1 amide bonds. The van der Waals surface area contributed by atoms with Gasteiger partial charge in [0.2, 0.25) is 5.91 Å². The summed E-state index contributed by atoms with van der Waals surface area (Å²) in [6.07, 6.45) is 3.68. The van der Waals surface area contributed by atoms with E-state index in [0.29, 0.717) is 30.9 Å². The maximum Gasteiger partial charge on any atom is 0.223 e. The largest absolute Gasteiger partial charge is 0.355 e. The zero-order chi connectivity index (χ0) is 16.4. The van der Waals surface area contributed by atoms with Gasteiger partial charge in [0.05, 0.1) is 11.0 Å². The van der Waals surface area contributed by atoms with Gasteiger partial charge in [-0.3, -0.25) is 4.79 Å². The van der Waals surface area contributed by atoms with Gasteiger partial charge >= 0.3 is 0 Å². The highest BCUT2D eigenvalue weighted by molar-refractivity contribution is 5.79. The molecule has 23 heavy (non-hydrogen) atoms. The third-order valence-corrected chi connectivity index (χ3v) is 4.88. The third kappa shape index (κ3) is 3.22. The molecular formula is C17H23FN4O. The molecule has 0 spiro atoms. The normalized spacial score (nSPS) is 21.0. The summed E-state index contributed by atoms with van der Waals surface area (Å²) < 4.78 is 15.2. The van der Waals surface area contributed by atoms with Gasteiger partial charge in [-0.1, -0.05) is 6.42 Å². The Hall–Kier alpha value is -1.95. The summed E-state index contributed by atoms with van der Waals surface area (Å²) in [7, 11) is 1.91. The Morgan fingerprint density at radius 3 is 3.09 bits per heavy atom. The van der Waals surface area contributed by atoms with Crippen LogP contribution >= 0.6 is 0 Å². The first-order valence-corrected chi connectivity index (χ1v) is 8.18. The van der Waals surface area contributed by atoms with Crippen LogP contribution < -0.4 is 11.1 Å². The first-order valence-electron chi connectivity index (χ1n) is 8.18. The van der Waals surface area contributed by atoms with Gasteiger partial charge in [0.25, 0.3) is 0 Å². The molecule has 1 fully saturated rings. The summed E-state index contributed by atoms with van der Waals surface area (Å²) in [4.78, 5) is 16.7. The number of rotatable bonds is 5. The summed E-state index contributed by atoms with van der Waals surface area (Å²) in [5.41, 5.74) is 7.27. The molecule has 124 valence electrons. The summed E-state index contributed by atoms with van der Waals surface area (Å²) >= 11 is 0. The van der Waals surface area contributed by atoms with E-state index in [-0.39, 0.29) is 17.6 Å². The van der Waals surface area contributed by atoms with E-state index < -0.39 is 0 Å². The second-order valence-corrected chi connectivity index (χ2v) is 6.29. The highest BCUT2D eigenvalue weighted by atomic mass is 19.1. The van der Waals surface area contributed by atoms with Crippen molar-refractivity contribution in [2.24, 2.45) is 24.6 Å². The molecule has 6 heteroatoms. The zero-order valence-electron chi connectivity index (χ0n) is 13.4. The number of imidazole rings is 1. The van der Waals surface area contributed by atoms with Gasteiger partial charge in [-0.05, 0) is 37.4 Å². The number of carbonyl (C=O) groups is 1. The van der Waals surface area contributed by atoms with Crippen molar-refractivity contribution in [2.75, 3.05) is 13.1 Å². The van der Waals surface area contributed by atoms with E-state index in [2.05, 4.69) is 10.3 Å². The third-order valence-electron chi connectivity index (χ3n) is 4.88. The summed E-state index contributed by atoms with van der Waals surface area (Å²) in [5, 5.41) is 3.00. The number of nitrogens with two attached hydrogens (primary N) is 1. The van der Waals surface area contributed by atoms with Crippen LogP contribution in [0.25, 0.3) is 11.0 Å². The summed E-state index contributed by atoms with van der Waals surface area (Å²) in [6.45, 7) is 1.11. The van der Waals surface area contributed by atoms with Crippen molar-refractivity contribution in [3.05, 3.63) is 29.8 Å². The van der Waals surface area contributed by atoms with E-state index in [4.69, 9.17) is 5.73 Å². The number of aromatic nitrogens is 2. The van der Waals surface area contributed by atoms with Crippen LogP contribution in [0.5, 0.6) is 0 Å². The summed E-state index contributed by atoms with van der Waals surface area (Å²) in [5.74, 6) is 1.02. The van der Waals surface area contributed by atoms with Crippen molar-refractivity contribution in [3.63, 3.8) is 0 Å². The molecule has 1 aromatic carbocycles. The van der Waals surface area contributed by atoms with Crippen molar-refractivity contribution < 1.29 is 9.18 Å². The molecule has 2 aromatic rings. The number of halogens is 1. The van der Waals surface area contributed by atoms with Gasteiger partial charge < -0.3 is 15.6 Å². The van der Waals surface area contributed by atoms with Crippen molar-refractivity contribution in [1.29, 1.82) is 0 Å². The van der Waals surface area contributed by atoms with E-state index in [0.717, 1.165) is 30.6 Å². The molecule has 3 rings (SSSR count). The molecule has 1 heterocycles. The van der Waals surface area contributed by atoms with Crippen LogP contribution in [0.15, 0.2) is 18.2 Å². The SMILES string of the molecule is Cn1c(CCNC(=O)[C@@H]2CCC[C@@H]2CN)nc2cc(F)ccc21. The van der Waals surface area contributed by atoms with Crippen LogP contribution in [0.3, 0.4) is 0 Å². The van der Waals surface area contributed by atoms with Crippen molar-refractivity contribution >= 4 is 16.9 Å². The van der Waals surface area contributed by atoms with Crippen LogP contribution in [0.1, 0.15) is 25.1 Å². The van der Waals surface area contributed by atoms with Crippen LogP contribution in [-0.2, 0) is 18.3 Å². The Morgan fingerprint density at radius 1 is 1.48 bits per heavy atom. The van der Waals surface area contributed by atoms with Crippen LogP contribution in [0, 0.1) is 17.7 Å². The van der Waals surface area contributed by atoms with Gasteiger partial charge in [-0.25, -0.2) is 9.37 Å². The molecule has 0 unspecified atom stereocenters. The van der Waals surface area contributed by atoms with Crippen molar-refractivity contribution in [1.82, 2.24) is 14.9 Å². The molecule has 1 saturated carbocycles.